The van der Waals surface area contributed by atoms with Crippen molar-refractivity contribution in [2.45, 2.75) is 65.0 Å². The summed E-state index contributed by atoms with van der Waals surface area (Å²) in [6.45, 7) is 10.0. The lowest BCUT2D eigenvalue weighted by molar-refractivity contribution is 0.424. The first kappa shape index (κ1) is 15.4. The van der Waals surface area contributed by atoms with Gasteiger partial charge >= 0.3 is 0 Å². The molecule has 1 heterocycles. The van der Waals surface area contributed by atoms with Crippen molar-refractivity contribution >= 4 is 5.69 Å². The smallest absolute Gasteiger partial charge is 0.0366 e. The minimum Gasteiger partial charge on any atom is -0.372 e. The molecule has 1 N–H and O–H groups in total. The van der Waals surface area contributed by atoms with E-state index in [0.717, 1.165) is 6.54 Å². The first-order chi connectivity index (χ1) is 9.54. The average Bonchev–Trinajstić information content (AvgIpc) is 2.36. The van der Waals surface area contributed by atoms with Gasteiger partial charge in [-0.15, -0.1) is 0 Å². The minimum atomic E-state index is 0.182. The summed E-state index contributed by atoms with van der Waals surface area (Å²) in [4.78, 5) is 2.56. The molecule has 2 rings (SSSR count). The standard InChI is InChI=1S/C18H30N2/c1-18(2,3)19-15-16-9-11-17(12-10-16)20-13-7-5-4-6-8-14-20/h9-12,19H,4-8,13-15H2,1-3H3. The summed E-state index contributed by atoms with van der Waals surface area (Å²) < 4.78 is 0. The van der Waals surface area contributed by atoms with Crippen molar-refractivity contribution in [2.75, 3.05) is 18.0 Å². The van der Waals surface area contributed by atoms with Gasteiger partial charge in [0.25, 0.3) is 0 Å². The average molecular weight is 274 g/mol. The van der Waals surface area contributed by atoms with Crippen LogP contribution < -0.4 is 10.2 Å². The van der Waals surface area contributed by atoms with Crippen LogP contribution >= 0.6 is 0 Å². The molecule has 0 radical (unpaired) electrons. The molecule has 0 aromatic heterocycles. The third-order valence-corrected chi connectivity index (χ3v) is 3.98. The lowest BCUT2D eigenvalue weighted by Crippen LogP contribution is -2.35. The molecular formula is C18H30N2. The van der Waals surface area contributed by atoms with E-state index in [1.807, 2.05) is 0 Å². The van der Waals surface area contributed by atoms with Crippen LogP contribution in [0.1, 0.15) is 58.4 Å². The molecular weight excluding hydrogens is 244 g/mol. The fraction of sp³-hybridized carbons (Fsp3) is 0.667. The van der Waals surface area contributed by atoms with Gasteiger partial charge in [0.2, 0.25) is 0 Å². The van der Waals surface area contributed by atoms with Crippen molar-refractivity contribution in [2.24, 2.45) is 0 Å². The molecule has 1 aromatic rings. The van der Waals surface area contributed by atoms with E-state index in [4.69, 9.17) is 0 Å². The van der Waals surface area contributed by atoms with Crippen LogP contribution in [0.2, 0.25) is 0 Å². The lowest BCUT2D eigenvalue weighted by atomic mass is 10.1. The predicted octanol–water partition coefficient (Wildman–Crippen LogP) is 4.35. The van der Waals surface area contributed by atoms with Crippen molar-refractivity contribution in [1.82, 2.24) is 5.32 Å². The van der Waals surface area contributed by atoms with Crippen LogP contribution in [0, 0.1) is 0 Å². The third kappa shape index (κ3) is 5.16. The number of hydrogen-bond acceptors (Lipinski definition) is 2. The normalized spacial score (nSPS) is 17.6. The summed E-state index contributed by atoms with van der Waals surface area (Å²) in [7, 11) is 0. The molecule has 0 saturated carbocycles. The number of rotatable bonds is 3. The Morgan fingerprint density at radius 3 is 2.00 bits per heavy atom. The highest BCUT2D eigenvalue weighted by Crippen LogP contribution is 2.20. The molecule has 1 fully saturated rings. The van der Waals surface area contributed by atoms with E-state index in [-0.39, 0.29) is 5.54 Å². The van der Waals surface area contributed by atoms with E-state index in [1.165, 1.54) is 56.4 Å². The second kappa shape index (κ2) is 7.12. The van der Waals surface area contributed by atoms with Crippen LogP contribution in [-0.2, 0) is 6.54 Å². The minimum absolute atomic E-state index is 0.182. The molecule has 1 aliphatic rings. The van der Waals surface area contributed by atoms with Gasteiger partial charge in [-0.3, -0.25) is 0 Å². The van der Waals surface area contributed by atoms with Gasteiger partial charge in [0, 0.05) is 30.9 Å². The van der Waals surface area contributed by atoms with Crippen LogP contribution in [0.4, 0.5) is 5.69 Å². The molecule has 20 heavy (non-hydrogen) atoms. The van der Waals surface area contributed by atoms with Gasteiger partial charge in [-0.1, -0.05) is 31.4 Å². The van der Waals surface area contributed by atoms with E-state index < -0.39 is 0 Å². The van der Waals surface area contributed by atoms with Crippen molar-refractivity contribution in [3.05, 3.63) is 29.8 Å². The maximum atomic E-state index is 3.54. The van der Waals surface area contributed by atoms with Crippen molar-refractivity contribution in [1.29, 1.82) is 0 Å². The molecule has 0 aliphatic carbocycles. The number of hydrogen-bond donors (Lipinski definition) is 1. The van der Waals surface area contributed by atoms with E-state index in [1.54, 1.807) is 0 Å². The van der Waals surface area contributed by atoms with Crippen LogP contribution in [0.15, 0.2) is 24.3 Å². The highest BCUT2D eigenvalue weighted by Gasteiger charge is 2.10. The zero-order valence-corrected chi connectivity index (χ0v) is 13.4. The highest BCUT2D eigenvalue weighted by molar-refractivity contribution is 5.47. The van der Waals surface area contributed by atoms with E-state index in [9.17, 15) is 0 Å². The molecule has 1 aromatic carbocycles. The van der Waals surface area contributed by atoms with Crippen LogP contribution in [0.3, 0.4) is 0 Å². The summed E-state index contributed by atoms with van der Waals surface area (Å²) in [6.07, 6.45) is 6.89. The fourth-order valence-corrected chi connectivity index (χ4v) is 2.70. The highest BCUT2D eigenvalue weighted by atomic mass is 15.1. The zero-order chi connectivity index (χ0) is 14.4. The molecule has 2 heteroatoms. The van der Waals surface area contributed by atoms with Crippen molar-refractivity contribution in [3.8, 4) is 0 Å². The van der Waals surface area contributed by atoms with Gasteiger partial charge in [0.15, 0.2) is 0 Å². The fourth-order valence-electron chi connectivity index (χ4n) is 2.70. The lowest BCUT2D eigenvalue weighted by Gasteiger charge is -2.27. The Hall–Kier alpha value is -1.02. The van der Waals surface area contributed by atoms with Gasteiger partial charge < -0.3 is 10.2 Å². The zero-order valence-electron chi connectivity index (χ0n) is 13.4. The van der Waals surface area contributed by atoms with Gasteiger partial charge in [0.05, 0.1) is 0 Å². The van der Waals surface area contributed by atoms with E-state index in [2.05, 4.69) is 55.3 Å². The molecule has 1 aliphatic heterocycles. The maximum absolute atomic E-state index is 3.54. The molecule has 0 unspecified atom stereocenters. The maximum Gasteiger partial charge on any atom is 0.0366 e. The Morgan fingerprint density at radius 2 is 1.45 bits per heavy atom. The number of nitrogens with zero attached hydrogens (tertiary/aromatic N) is 1. The van der Waals surface area contributed by atoms with Gasteiger partial charge in [-0.2, -0.15) is 0 Å². The topological polar surface area (TPSA) is 15.3 Å². The summed E-state index contributed by atoms with van der Waals surface area (Å²) in [6, 6.07) is 9.13. The Balaban J connectivity index is 1.92. The van der Waals surface area contributed by atoms with Crippen LogP contribution in [-0.4, -0.2) is 18.6 Å². The Labute approximate surface area is 124 Å². The number of anilines is 1. The van der Waals surface area contributed by atoms with Crippen LogP contribution in [0.5, 0.6) is 0 Å². The summed E-state index contributed by atoms with van der Waals surface area (Å²) in [5.74, 6) is 0. The molecule has 0 bridgehead atoms. The largest absolute Gasteiger partial charge is 0.372 e. The molecule has 112 valence electrons. The number of nitrogens with one attached hydrogen (secondary N) is 1. The first-order valence-electron chi connectivity index (χ1n) is 8.13. The summed E-state index contributed by atoms with van der Waals surface area (Å²) >= 11 is 0. The van der Waals surface area contributed by atoms with Crippen LogP contribution in [0.25, 0.3) is 0 Å². The Morgan fingerprint density at radius 1 is 0.900 bits per heavy atom. The summed E-state index contributed by atoms with van der Waals surface area (Å²) in [5, 5.41) is 3.54. The summed E-state index contributed by atoms with van der Waals surface area (Å²) in [5.41, 5.74) is 2.95. The Bertz CT molecular complexity index is 381. The third-order valence-electron chi connectivity index (χ3n) is 3.98. The van der Waals surface area contributed by atoms with E-state index in [0.29, 0.717) is 0 Å². The predicted molar refractivity (Wildman–Crippen MR) is 88.3 cm³/mol. The van der Waals surface area contributed by atoms with Gasteiger partial charge in [-0.05, 0) is 51.3 Å². The second-order valence-corrected chi connectivity index (χ2v) is 7.02. The number of benzene rings is 1. The second-order valence-electron chi connectivity index (χ2n) is 7.02. The molecule has 2 nitrogen and oxygen atoms in total. The first-order valence-corrected chi connectivity index (χ1v) is 8.13. The van der Waals surface area contributed by atoms with Gasteiger partial charge in [-0.25, -0.2) is 0 Å². The molecule has 1 saturated heterocycles. The molecule has 0 atom stereocenters. The molecule has 0 amide bonds. The Kier molecular flexibility index (Phi) is 5.47. The quantitative estimate of drug-likeness (QED) is 0.881. The van der Waals surface area contributed by atoms with Gasteiger partial charge in [0.1, 0.15) is 0 Å². The van der Waals surface area contributed by atoms with Crippen molar-refractivity contribution in [3.63, 3.8) is 0 Å². The SMILES string of the molecule is CC(C)(C)NCc1ccc(N2CCCCCCC2)cc1. The molecule has 0 spiro atoms. The van der Waals surface area contributed by atoms with Crippen molar-refractivity contribution < 1.29 is 0 Å². The van der Waals surface area contributed by atoms with E-state index >= 15 is 0 Å². The monoisotopic (exact) mass is 274 g/mol.